The summed E-state index contributed by atoms with van der Waals surface area (Å²) in [5, 5.41) is 4.37. The SMILES string of the molecule is CCS(=O)(=O)CCn1cc(N)c(-c2ccc(C)cc2)n1. The Kier molecular flexibility index (Phi) is 4.13. The summed E-state index contributed by atoms with van der Waals surface area (Å²) < 4.78 is 24.6. The number of aryl methyl sites for hydroxylation is 2. The molecule has 0 fully saturated rings. The van der Waals surface area contributed by atoms with Gasteiger partial charge in [0.05, 0.1) is 18.0 Å². The molecule has 0 saturated carbocycles. The lowest BCUT2D eigenvalue weighted by Crippen LogP contribution is -2.14. The fourth-order valence-corrected chi connectivity index (χ4v) is 2.62. The van der Waals surface area contributed by atoms with Crippen LogP contribution in [-0.4, -0.2) is 29.7 Å². The maximum Gasteiger partial charge on any atom is 0.151 e. The zero-order valence-corrected chi connectivity index (χ0v) is 12.5. The predicted octanol–water partition coefficient (Wildman–Crippen LogP) is 1.88. The largest absolute Gasteiger partial charge is 0.396 e. The highest BCUT2D eigenvalue weighted by molar-refractivity contribution is 7.91. The lowest BCUT2D eigenvalue weighted by Gasteiger charge is -2.02. The van der Waals surface area contributed by atoms with Crippen molar-refractivity contribution in [3.8, 4) is 11.3 Å². The van der Waals surface area contributed by atoms with Crippen LogP contribution >= 0.6 is 0 Å². The Bertz CT molecular complexity index is 688. The molecule has 1 aromatic carbocycles. The molecule has 0 unspecified atom stereocenters. The van der Waals surface area contributed by atoms with Crippen LogP contribution < -0.4 is 5.73 Å². The van der Waals surface area contributed by atoms with Gasteiger partial charge in [-0.15, -0.1) is 0 Å². The Morgan fingerprint density at radius 1 is 1.25 bits per heavy atom. The number of nitrogens with two attached hydrogens (primary N) is 1. The average Bonchev–Trinajstić information content (AvgIpc) is 2.79. The van der Waals surface area contributed by atoms with Crippen LogP contribution in [0.25, 0.3) is 11.3 Å². The molecule has 1 heterocycles. The molecule has 0 atom stereocenters. The molecule has 0 radical (unpaired) electrons. The monoisotopic (exact) mass is 293 g/mol. The van der Waals surface area contributed by atoms with Crippen molar-refractivity contribution in [2.24, 2.45) is 0 Å². The highest BCUT2D eigenvalue weighted by Gasteiger charge is 2.11. The van der Waals surface area contributed by atoms with E-state index in [4.69, 9.17) is 5.73 Å². The van der Waals surface area contributed by atoms with Crippen molar-refractivity contribution in [1.29, 1.82) is 0 Å². The van der Waals surface area contributed by atoms with Gasteiger partial charge in [-0.1, -0.05) is 36.8 Å². The first-order valence-electron chi connectivity index (χ1n) is 6.51. The van der Waals surface area contributed by atoms with E-state index in [1.54, 1.807) is 17.8 Å². The maximum absolute atomic E-state index is 11.5. The number of hydrogen-bond donors (Lipinski definition) is 1. The average molecular weight is 293 g/mol. The van der Waals surface area contributed by atoms with Crippen LogP contribution in [0.5, 0.6) is 0 Å². The first-order chi connectivity index (χ1) is 9.41. The Balaban J connectivity index is 2.19. The topological polar surface area (TPSA) is 78.0 Å². The third-order valence-electron chi connectivity index (χ3n) is 3.19. The molecule has 2 N–H and O–H groups in total. The second kappa shape index (κ2) is 5.66. The van der Waals surface area contributed by atoms with Crippen molar-refractivity contribution >= 4 is 15.5 Å². The second-order valence-corrected chi connectivity index (χ2v) is 7.27. The van der Waals surface area contributed by atoms with Gasteiger partial charge in [-0.25, -0.2) is 8.42 Å². The summed E-state index contributed by atoms with van der Waals surface area (Å²) in [5.74, 6) is 0.229. The smallest absolute Gasteiger partial charge is 0.151 e. The molecule has 0 saturated heterocycles. The van der Waals surface area contributed by atoms with Crippen LogP contribution in [0.3, 0.4) is 0 Å². The summed E-state index contributed by atoms with van der Waals surface area (Å²) in [4.78, 5) is 0. The van der Waals surface area contributed by atoms with Crippen LogP contribution in [0.15, 0.2) is 30.5 Å². The number of rotatable bonds is 5. The molecule has 5 nitrogen and oxygen atoms in total. The van der Waals surface area contributed by atoms with Crippen molar-refractivity contribution < 1.29 is 8.42 Å². The molecule has 0 aliphatic rings. The number of aromatic nitrogens is 2. The molecule has 0 aliphatic heterocycles. The van der Waals surface area contributed by atoms with Gasteiger partial charge in [0.1, 0.15) is 5.69 Å². The highest BCUT2D eigenvalue weighted by Crippen LogP contribution is 2.24. The van der Waals surface area contributed by atoms with Crippen LogP contribution in [0.4, 0.5) is 5.69 Å². The van der Waals surface area contributed by atoms with Gasteiger partial charge in [0.25, 0.3) is 0 Å². The van der Waals surface area contributed by atoms with Crippen LogP contribution in [-0.2, 0) is 16.4 Å². The molecular weight excluding hydrogens is 274 g/mol. The number of nitrogen functional groups attached to an aromatic ring is 1. The third-order valence-corrected chi connectivity index (χ3v) is 4.87. The van der Waals surface area contributed by atoms with Crippen molar-refractivity contribution in [2.45, 2.75) is 20.4 Å². The van der Waals surface area contributed by atoms with Gasteiger partial charge in [0.2, 0.25) is 0 Å². The Morgan fingerprint density at radius 2 is 1.90 bits per heavy atom. The summed E-state index contributed by atoms with van der Waals surface area (Å²) in [6.07, 6.45) is 1.68. The molecule has 0 bridgehead atoms. The predicted molar refractivity (Wildman–Crippen MR) is 81.1 cm³/mol. The second-order valence-electron chi connectivity index (χ2n) is 4.80. The minimum Gasteiger partial charge on any atom is -0.396 e. The van der Waals surface area contributed by atoms with Crippen molar-refractivity contribution in [3.05, 3.63) is 36.0 Å². The van der Waals surface area contributed by atoms with Gasteiger partial charge >= 0.3 is 0 Å². The molecular formula is C14H19N3O2S. The van der Waals surface area contributed by atoms with E-state index in [-0.39, 0.29) is 11.5 Å². The number of nitrogens with zero attached hydrogens (tertiary/aromatic N) is 2. The molecule has 20 heavy (non-hydrogen) atoms. The highest BCUT2D eigenvalue weighted by atomic mass is 32.2. The van der Waals surface area contributed by atoms with Gasteiger partial charge in [0, 0.05) is 17.5 Å². The molecule has 6 heteroatoms. The molecule has 2 aromatic rings. The number of benzene rings is 1. The number of hydrogen-bond acceptors (Lipinski definition) is 4. The van der Waals surface area contributed by atoms with Gasteiger partial charge < -0.3 is 5.73 Å². The van der Waals surface area contributed by atoms with Gasteiger partial charge in [-0.05, 0) is 6.92 Å². The fraction of sp³-hybridized carbons (Fsp3) is 0.357. The van der Waals surface area contributed by atoms with Crippen LogP contribution in [0, 0.1) is 6.92 Å². The van der Waals surface area contributed by atoms with E-state index in [9.17, 15) is 8.42 Å². The summed E-state index contributed by atoms with van der Waals surface area (Å²) >= 11 is 0. The van der Waals surface area contributed by atoms with Crippen molar-refractivity contribution in [1.82, 2.24) is 9.78 Å². The van der Waals surface area contributed by atoms with E-state index in [0.717, 1.165) is 5.56 Å². The van der Waals surface area contributed by atoms with Crippen molar-refractivity contribution in [2.75, 3.05) is 17.2 Å². The normalized spacial score (nSPS) is 11.7. The first-order valence-corrected chi connectivity index (χ1v) is 8.34. The minimum atomic E-state index is -2.99. The maximum atomic E-state index is 11.5. The van der Waals surface area contributed by atoms with Crippen molar-refractivity contribution in [3.63, 3.8) is 0 Å². The Labute approximate surface area is 119 Å². The zero-order chi connectivity index (χ0) is 14.8. The van der Waals surface area contributed by atoms with Crippen LogP contribution in [0.1, 0.15) is 12.5 Å². The van der Waals surface area contributed by atoms with E-state index in [1.807, 2.05) is 31.2 Å². The summed E-state index contributed by atoms with van der Waals surface area (Å²) in [7, 11) is -2.99. The lowest BCUT2D eigenvalue weighted by molar-refractivity contribution is 0.582. The van der Waals surface area contributed by atoms with E-state index in [1.165, 1.54) is 5.56 Å². The van der Waals surface area contributed by atoms with Gasteiger partial charge in [-0.3, -0.25) is 4.68 Å². The van der Waals surface area contributed by atoms with E-state index >= 15 is 0 Å². The molecule has 2 rings (SSSR count). The van der Waals surface area contributed by atoms with E-state index in [0.29, 0.717) is 17.9 Å². The molecule has 108 valence electrons. The molecule has 0 amide bonds. The third kappa shape index (κ3) is 3.39. The number of sulfone groups is 1. The minimum absolute atomic E-state index is 0.0813. The summed E-state index contributed by atoms with van der Waals surface area (Å²) in [6.45, 7) is 3.98. The van der Waals surface area contributed by atoms with E-state index in [2.05, 4.69) is 5.10 Å². The molecule has 0 spiro atoms. The standard InChI is InChI=1S/C14H19N3O2S/c1-3-20(18,19)9-8-17-10-13(15)14(16-17)12-6-4-11(2)5-7-12/h4-7,10H,3,8-9,15H2,1-2H3. The van der Waals surface area contributed by atoms with Gasteiger partial charge in [-0.2, -0.15) is 5.10 Å². The Morgan fingerprint density at radius 3 is 2.50 bits per heavy atom. The molecule has 1 aromatic heterocycles. The fourth-order valence-electron chi connectivity index (χ4n) is 1.86. The zero-order valence-electron chi connectivity index (χ0n) is 11.7. The van der Waals surface area contributed by atoms with E-state index < -0.39 is 9.84 Å². The Hall–Kier alpha value is -1.82. The molecule has 0 aliphatic carbocycles. The first kappa shape index (κ1) is 14.6. The van der Waals surface area contributed by atoms with Crippen LogP contribution in [0.2, 0.25) is 0 Å². The summed E-state index contributed by atoms with van der Waals surface area (Å²) in [5.41, 5.74) is 9.30. The van der Waals surface area contributed by atoms with Gasteiger partial charge in [0.15, 0.2) is 9.84 Å². The quantitative estimate of drug-likeness (QED) is 0.913. The lowest BCUT2D eigenvalue weighted by atomic mass is 10.1. The number of anilines is 1. The summed E-state index contributed by atoms with van der Waals surface area (Å²) in [6, 6.07) is 7.91.